The van der Waals surface area contributed by atoms with E-state index in [2.05, 4.69) is 31.1 Å². The average molecular weight is 524 g/mol. The van der Waals surface area contributed by atoms with Crippen molar-refractivity contribution in [2.24, 2.45) is 5.41 Å². The number of carboxylic acids is 1. The van der Waals surface area contributed by atoms with Gasteiger partial charge in [0.05, 0.1) is 27.9 Å². The van der Waals surface area contributed by atoms with Gasteiger partial charge in [-0.1, -0.05) is 18.3 Å². The fourth-order valence-electron chi connectivity index (χ4n) is 4.69. The van der Waals surface area contributed by atoms with E-state index < -0.39 is 11.4 Å². The van der Waals surface area contributed by atoms with Crippen molar-refractivity contribution in [3.05, 3.63) is 36.2 Å². The van der Waals surface area contributed by atoms with Gasteiger partial charge in [-0.2, -0.15) is 0 Å². The van der Waals surface area contributed by atoms with Gasteiger partial charge in [0.1, 0.15) is 0 Å². The standard InChI is InChI=1S/C25H29N7O4S/c1-3-25(21(33)34)6-8-32(9-7-25)22-27-13-16(14-28-22)15-11-17(18-5-10-36-31-18)20-19(12-15)29-24(37-20)30-23(35)26-4-2/h5,11-14,31H,3-4,6-10H2,1-2H3,(H,33,34)(H2,26,29,30,35). The number of hydroxylamine groups is 1. The van der Waals surface area contributed by atoms with E-state index in [9.17, 15) is 14.7 Å². The van der Waals surface area contributed by atoms with E-state index in [1.165, 1.54) is 11.3 Å². The van der Waals surface area contributed by atoms with Crippen LogP contribution in [0.4, 0.5) is 15.9 Å². The molecule has 12 heteroatoms. The second kappa shape index (κ2) is 10.3. The lowest BCUT2D eigenvalue weighted by Crippen LogP contribution is -2.44. The second-order valence-electron chi connectivity index (χ2n) is 9.10. The van der Waals surface area contributed by atoms with Crippen LogP contribution in [0.2, 0.25) is 0 Å². The summed E-state index contributed by atoms with van der Waals surface area (Å²) in [6.45, 7) is 5.98. The smallest absolute Gasteiger partial charge is 0.321 e. The van der Waals surface area contributed by atoms with Crippen molar-refractivity contribution in [3.8, 4) is 11.1 Å². The molecule has 1 fully saturated rings. The van der Waals surface area contributed by atoms with Crippen molar-refractivity contribution >= 4 is 50.3 Å². The van der Waals surface area contributed by atoms with Crippen molar-refractivity contribution < 1.29 is 19.5 Å². The lowest BCUT2D eigenvalue weighted by molar-refractivity contribution is -0.150. The van der Waals surface area contributed by atoms with Crippen LogP contribution in [0.15, 0.2) is 30.6 Å². The fourth-order valence-corrected chi connectivity index (χ4v) is 5.66. The number of carbonyl (C=O) groups excluding carboxylic acids is 1. The van der Waals surface area contributed by atoms with Crippen LogP contribution in [0.1, 0.15) is 38.7 Å². The van der Waals surface area contributed by atoms with Crippen LogP contribution in [-0.4, -0.2) is 58.3 Å². The Bertz CT molecular complexity index is 1350. The summed E-state index contributed by atoms with van der Waals surface area (Å²) in [6, 6.07) is 3.69. The Morgan fingerprint density at radius 3 is 2.57 bits per heavy atom. The minimum atomic E-state index is -0.722. The van der Waals surface area contributed by atoms with Crippen LogP contribution in [0.5, 0.6) is 0 Å². The van der Waals surface area contributed by atoms with Crippen LogP contribution in [0.25, 0.3) is 27.0 Å². The zero-order chi connectivity index (χ0) is 26.0. The van der Waals surface area contributed by atoms with Crippen molar-refractivity contribution in [2.75, 3.05) is 36.5 Å². The Hall–Kier alpha value is -3.77. The topological polar surface area (TPSA) is 142 Å². The monoisotopic (exact) mass is 523 g/mol. The molecule has 0 spiro atoms. The molecule has 2 aliphatic rings. The number of carboxylic acid groups (broad SMARTS) is 1. The third-order valence-electron chi connectivity index (χ3n) is 7.00. The summed E-state index contributed by atoms with van der Waals surface area (Å²) in [5.74, 6) is -0.128. The molecule has 1 saturated heterocycles. The number of fused-ring (bicyclic) bond motifs is 1. The van der Waals surface area contributed by atoms with Crippen LogP contribution < -0.4 is 21.0 Å². The Balaban J connectivity index is 1.42. The molecule has 194 valence electrons. The van der Waals surface area contributed by atoms with E-state index in [4.69, 9.17) is 4.84 Å². The zero-order valence-electron chi connectivity index (χ0n) is 20.7. The van der Waals surface area contributed by atoms with Gasteiger partial charge >= 0.3 is 12.0 Å². The van der Waals surface area contributed by atoms with Crippen LogP contribution >= 0.6 is 11.3 Å². The molecular formula is C25H29N7O4S. The number of carbonyl (C=O) groups is 2. The maximum absolute atomic E-state index is 12.0. The quantitative estimate of drug-likeness (QED) is 0.363. The number of nitrogens with one attached hydrogen (secondary N) is 3. The van der Waals surface area contributed by atoms with Gasteiger partial charge in [0.2, 0.25) is 5.95 Å². The van der Waals surface area contributed by atoms with Crippen molar-refractivity contribution in [1.82, 2.24) is 25.7 Å². The highest BCUT2D eigenvalue weighted by atomic mass is 32.1. The van der Waals surface area contributed by atoms with Gasteiger partial charge in [-0.05, 0) is 50.0 Å². The van der Waals surface area contributed by atoms with E-state index in [-0.39, 0.29) is 6.03 Å². The molecule has 1 aromatic carbocycles. The number of aliphatic carboxylic acids is 1. The van der Waals surface area contributed by atoms with Gasteiger partial charge in [0.25, 0.3) is 0 Å². The molecule has 4 N–H and O–H groups in total. The molecule has 0 aliphatic carbocycles. The number of hydrogen-bond donors (Lipinski definition) is 4. The van der Waals surface area contributed by atoms with Crippen molar-refractivity contribution in [2.45, 2.75) is 33.1 Å². The van der Waals surface area contributed by atoms with Crippen molar-refractivity contribution in [3.63, 3.8) is 0 Å². The maximum atomic E-state index is 12.0. The first-order valence-corrected chi connectivity index (χ1v) is 13.1. The Labute approximate surface area is 217 Å². The molecular weight excluding hydrogens is 494 g/mol. The molecule has 0 saturated carbocycles. The van der Waals surface area contributed by atoms with Gasteiger partial charge in [-0.25, -0.2) is 19.7 Å². The molecule has 0 bridgehead atoms. The lowest BCUT2D eigenvalue weighted by Gasteiger charge is -2.38. The summed E-state index contributed by atoms with van der Waals surface area (Å²) in [6.07, 6.45) is 7.28. The molecule has 37 heavy (non-hydrogen) atoms. The Kier molecular flexibility index (Phi) is 6.94. The van der Waals surface area contributed by atoms with Gasteiger partial charge in [-0.3, -0.25) is 20.4 Å². The number of aromatic nitrogens is 3. The van der Waals surface area contributed by atoms with Crippen LogP contribution in [0, 0.1) is 5.41 Å². The third-order valence-corrected chi connectivity index (χ3v) is 8.02. The number of amides is 2. The van der Waals surface area contributed by atoms with E-state index in [1.807, 2.05) is 37.0 Å². The number of benzene rings is 1. The largest absolute Gasteiger partial charge is 0.481 e. The first-order valence-electron chi connectivity index (χ1n) is 12.3. The van der Waals surface area contributed by atoms with E-state index in [1.54, 1.807) is 12.4 Å². The summed E-state index contributed by atoms with van der Waals surface area (Å²) < 4.78 is 0.920. The molecule has 0 atom stereocenters. The predicted molar refractivity (Wildman–Crippen MR) is 142 cm³/mol. The molecule has 2 amide bonds. The molecule has 11 nitrogen and oxygen atoms in total. The zero-order valence-corrected chi connectivity index (χ0v) is 21.5. The first kappa shape index (κ1) is 24.9. The SMILES string of the molecule is CCNC(=O)Nc1nc2cc(-c3cnc(N4CCC(CC)(C(=O)O)CC4)nc3)cc(C3=CCON3)c2s1. The predicted octanol–water partition coefficient (Wildman–Crippen LogP) is 3.85. The van der Waals surface area contributed by atoms with Crippen molar-refractivity contribution in [1.29, 1.82) is 0 Å². The molecule has 4 heterocycles. The lowest BCUT2D eigenvalue weighted by atomic mass is 9.76. The normalized spacial score (nSPS) is 16.8. The number of nitrogens with zero attached hydrogens (tertiary/aromatic N) is 4. The number of thiazole rings is 1. The summed E-state index contributed by atoms with van der Waals surface area (Å²) in [4.78, 5) is 45.0. The van der Waals surface area contributed by atoms with E-state index in [0.717, 1.165) is 32.6 Å². The summed E-state index contributed by atoms with van der Waals surface area (Å²) in [7, 11) is 0. The number of hydrogen-bond acceptors (Lipinski definition) is 9. The van der Waals surface area contributed by atoms with Gasteiger partial charge in [-0.15, -0.1) is 0 Å². The number of urea groups is 1. The highest BCUT2D eigenvalue weighted by Gasteiger charge is 2.40. The molecule has 3 aromatic rings. The third kappa shape index (κ3) is 4.94. The summed E-state index contributed by atoms with van der Waals surface area (Å²) >= 11 is 1.39. The molecule has 0 unspecified atom stereocenters. The second-order valence-corrected chi connectivity index (χ2v) is 10.1. The van der Waals surface area contributed by atoms with Gasteiger partial charge in [0, 0.05) is 43.2 Å². The maximum Gasteiger partial charge on any atom is 0.321 e. The number of anilines is 2. The van der Waals surface area contributed by atoms with Gasteiger partial charge < -0.3 is 15.3 Å². The fraction of sp³-hybridized carbons (Fsp3) is 0.400. The first-order chi connectivity index (χ1) is 17.9. The molecule has 2 aromatic heterocycles. The molecule has 5 rings (SSSR count). The Morgan fingerprint density at radius 1 is 1.19 bits per heavy atom. The summed E-state index contributed by atoms with van der Waals surface area (Å²) in [5, 5.41) is 15.7. The number of rotatable bonds is 7. The van der Waals surface area contributed by atoms with Crippen LogP contribution in [-0.2, 0) is 9.63 Å². The van der Waals surface area contributed by atoms with Crippen LogP contribution in [0.3, 0.4) is 0 Å². The van der Waals surface area contributed by atoms with Gasteiger partial charge in [0.15, 0.2) is 5.13 Å². The minimum absolute atomic E-state index is 0.300. The minimum Gasteiger partial charge on any atom is -0.481 e. The highest BCUT2D eigenvalue weighted by Crippen LogP contribution is 2.38. The Morgan fingerprint density at radius 2 is 1.95 bits per heavy atom. The van der Waals surface area contributed by atoms with E-state index >= 15 is 0 Å². The average Bonchev–Trinajstić information content (AvgIpc) is 3.58. The molecule has 2 aliphatic heterocycles. The summed E-state index contributed by atoms with van der Waals surface area (Å²) in [5.41, 5.74) is 6.48. The van der Waals surface area contributed by atoms with E-state index in [0.29, 0.717) is 56.6 Å². The number of piperidine rings is 1. The highest BCUT2D eigenvalue weighted by molar-refractivity contribution is 7.22. The molecule has 0 radical (unpaired) electrons.